The molecule has 1 N–H and O–H groups in total. The van der Waals surface area contributed by atoms with Crippen molar-refractivity contribution in [2.45, 2.75) is 32.6 Å². The van der Waals surface area contributed by atoms with Crippen LogP contribution in [0.5, 0.6) is 0 Å². The Balaban J connectivity index is 1.92. The van der Waals surface area contributed by atoms with E-state index in [4.69, 9.17) is 0 Å². The molecule has 10 heavy (non-hydrogen) atoms. The summed E-state index contributed by atoms with van der Waals surface area (Å²) in [5.41, 5.74) is 0.762. The average molecular weight is 139 g/mol. The molecule has 1 aliphatic carbocycles. The second-order valence-corrected chi connectivity index (χ2v) is 4.16. The number of hydrogen-bond donors (Lipinski definition) is 1. The minimum Gasteiger partial charge on any atom is -0.316 e. The van der Waals surface area contributed by atoms with Gasteiger partial charge >= 0.3 is 0 Å². The van der Waals surface area contributed by atoms with Crippen LogP contribution < -0.4 is 5.32 Å². The minimum atomic E-state index is 0.762. The van der Waals surface area contributed by atoms with Crippen LogP contribution in [0.4, 0.5) is 0 Å². The zero-order valence-corrected chi connectivity index (χ0v) is 6.82. The molecule has 2 saturated heterocycles. The van der Waals surface area contributed by atoms with E-state index in [1.807, 2.05) is 0 Å². The summed E-state index contributed by atoms with van der Waals surface area (Å²) < 4.78 is 0. The molecule has 3 rings (SSSR count). The van der Waals surface area contributed by atoms with Gasteiger partial charge in [0.2, 0.25) is 0 Å². The van der Waals surface area contributed by atoms with Gasteiger partial charge in [0.25, 0.3) is 0 Å². The maximum atomic E-state index is 3.51. The number of fused-ring (bicyclic) bond motifs is 2. The van der Waals surface area contributed by atoms with Crippen molar-refractivity contribution < 1.29 is 0 Å². The Labute approximate surface area is 63.2 Å². The van der Waals surface area contributed by atoms with Crippen LogP contribution in [0.1, 0.15) is 32.6 Å². The Morgan fingerprint density at radius 3 is 2.80 bits per heavy atom. The molecule has 0 aromatic carbocycles. The topological polar surface area (TPSA) is 12.0 Å². The molecule has 58 valence electrons. The van der Waals surface area contributed by atoms with Gasteiger partial charge in [-0.3, -0.25) is 0 Å². The molecule has 0 amide bonds. The van der Waals surface area contributed by atoms with E-state index in [0.717, 1.165) is 11.3 Å². The zero-order chi connectivity index (χ0) is 7.03. The normalized spacial score (nSPS) is 44.7. The Morgan fingerprint density at radius 2 is 2.30 bits per heavy atom. The number of hydrogen-bond acceptors (Lipinski definition) is 1. The van der Waals surface area contributed by atoms with Crippen molar-refractivity contribution in [1.29, 1.82) is 0 Å². The molecule has 2 heterocycles. The molecule has 0 atom stereocenters. The number of piperidine rings is 2. The van der Waals surface area contributed by atoms with Crippen molar-refractivity contribution >= 4 is 0 Å². The SMILES string of the molecule is CCCC12CNCC(C1)C2. The summed E-state index contributed by atoms with van der Waals surface area (Å²) in [6.45, 7) is 4.90. The molecule has 2 aliphatic heterocycles. The van der Waals surface area contributed by atoms with E-state index in [2.05, 4.69) is 12.2 Å². The summed E-state index contributed by atoms with van der Waals surface area (Å²) in [7, 11) is 0. The molecule has 0 radical (unpaired) electrons. The molecule has 0 unspecified atom stereocenters. The lowest BCUT2D eigenvalue weighted by Crippen LogP contribution is -2.54. The van der Waals surface area contributed by atoms with E-state index in [9.17, 15) is 0 Å². The van der Waals surface area contributed by atoms with E-state index in [1.54, 1.807) is 0 Å². The number of nitrogens with one attached hydrogen (secondary N) is 1. The van der Waals surface area contributed by atoms with Crippen LogP contribution in [0.2, 0.25) is 0 Å². The predicted octanol–water partition coefficient (Wildman–Crippen LogP) is 1.79. The molecule has 0 spiro atoms. The third-order valence-electron chi connectivity index (χ3n) is 3.16. The highest BCUT2D eigenvalue weighted by molar-refractivity contribution is 4.99. The van der Waals surface area contributed by atoms with Crippen LogP contribution in [0, 0.1) is 11.3 Å². The summed E-state index contributed by atoms with van der Waals surface area (Å²) in [5.74, 6) is 1.04. The molecule has 2 bridgehead atoms. The quantitative estimate of drug-likeness (QED) is 0.615. The Kier molecular flexibility index (Phi) is 1.48. The van der Waals surface area contributed by atoms with Crippen LogP contribution in [-0.2, 0) is 0 Å². The van der Waals surface area contributed by atoms with Gasteiger partial charge in [-0.25, -0.2) is 0 Å². The molecule has 3 fully saturated rings. The molecular weight excluding hydrogens is 122 g/mol. The largest absolute Gasteiger partial charge is 0.316 e. The highest BCUT2D eigenvalue weighted by Crippen LogP contribution is 2.50. The summed E-state index contributed by atoms with van der Waals surface area (Å²) in [5, 5.41) is 3.51. The highest BCUT2D eigenvalue weighted by atomic mass is 14.9. The second kappa shape index (κ2) is 2.23. The first-order chi connectivity index (χ1) is 4.85. The highest BCUT2D eigenvalue weighted by Gasteiger charge is 2.45. The zero-order valence-electron chi connectivity index (χ0n) is 6.82. The summed E-state index contributed by atoms with van der Waals surface area (Å²) in [4.78, 5) is 0. The Hall–Kier alpha value is -0.0400. The van der Waals surface area contributed by atoms with Crippen molar-refractivity contribution in [2.75, 3.05) is 13.1 Å². The minimum absolute atomic E-state index is 0.762. The van der Waals surface area contributed by atoms with Crippen molar-refractivity contribution in [3.05, 3.63) is 0 Å². The van der Waals surface area contributed by atoms with Gasteiger partial charge < -0.3 is 5.32 Å². The number of rotatable bonds is 2. The first-order valence-corrected chi connectivity index (χ1v) is 4.55. The van der Waals surface area contributed by atoms with Gasteiger partial charge in [0, 0.05) is 6.54 Å². The third kappa shape index (κ3) is 0.878. The first kappa shape index (κ1) is 6.66. The van der Waals surface area contributed by atoms with E-state index in [-0.39, 0.29) is 0 Å². The van der Waals surface area contributed by atoms with Gasteiger partial charge in [-0.1, -0.05) is 13.3 Å². The molecule has 1 nitrogen and oxygen atoms in total. The van der Waals surface area contributed by atoms with Crippen LogP contribution in [0.15, 0.2) is 0 Å². The molecule has 0 aromatic rings. The van der Waals surface area contributed by atoms with Crippen LogP contribution in [-0.4, -0.2) is 13.1 Å². The van der Waals surface area contributed by atoms with Gasteiger partial charge in [-0.05, 0) is 37.1 Å². The van der Waals surface area contributed by atoms with Gasteiger partial charge in [0.15, 0.2) is 0 Å². The summed E-state index contributed by atoms with van der Waals surface area (Å²) in [6, 6.07) is 0. The lowest BCUT2D eigenvalue weighted by Gasteiger charge is -2.53. The standard InChI is InChI=1S/C9H17N/c1-2-3-9-4-8(5-9)6-10-7-9/h8,10H,2-7H2,1H3. The summed E-state index contributed by atoms with van der Waals surface area (Å²) in [6.07, 6.45) is 5.87. The first-order valence-electron chi connectivity index (χ1n) is 4.55. The summed E-state index contributed by atoms with van der Waals surface area (Å²) >= 11 is 0. The molecule has 1 saturated carbocycles. The van der Waals surface area contributed by atoms with E-state index >= 15 is 0 Å². The van der Waals surface area contributed by atoms with Gasteiger partial charge in [0.05, 0.1) is 0 Å². The predicted molar refractivity (Wildman–Crippen MR) is 42.9 cm³/mol. The van der Waals surface area contributed by atoms with Crippen LogP contribution in [0.25, 0.3) is 0 Å². The van der Waals surface area contributed by atoms with Crippen molar-refractivity contribution in [1.82, 2.24) is 5.32 Å². The third-order valence-corrected chi connectivity index (χ3v) is 3.16. The van der Waals surface area contributed by atoms with Crippen molar-refractivity contribution in [3.8, 4) is 0 Å². The maximum Gasteiger partial charge on any atom is 0.000814 e. The molecular formula is C9H17N. The van der Waals surface area contributed by atoms with Gasteiger partial charge in [-0.2, -0.15) is 0 Å². The molecule has 3 aliphatic rings. The van der Waals surface area contributed by atoms with Crippen LogP contribution in [0.3, 0.4) is 0 Å². The molecule has 1 heteroatoms. The monoisotopic (exact) mass is 139 g/mol. The van der Waals surface area contributed by atoms with Crippen LogP contribution >= 0.6 is 0 Å². The van der Waals surface area contributed by atoms with Crippen molar-refractivity contribution in [3.63, 3.8) is 0 Å². The van der Waals surface area contributed by atoms with Gasteiger partial charge in [-0.15, -0.1) is 0 Å². The fraction of sp³-hybridized carbons (Fsp3) is 1.00. The fourth-order valence-electron chi connectivity index (χ4n) is 2.82. The van der Waals surface area contributed by atoms with Crippen molar-refractivity contribution in [2.24, 2.45) is 11.3 Å². The molecule has 0 aromatic heterocycles. The van der Waals surface area contributed by atoms with E-state index in [0.29, 0.717) is 0 Å². The Bertz CT molecular complexity index is 113. The fourth-order valence-corrected chi connectivity index (χ4v) is 2.82. The average Bonchev–Trinajstić information content (AvgIpc) is 1.87. The van der Waals surface area contributed by atoms with E-state index < -0.39 is 0 Å². The second-order valence-electron chi connectivity index (χ2n) is 4.16. The van der Waals surface area contributed by atoms with E-state index in [1.165, 1.54) is 38.8 Å². The smallest absolute Gasteiger partial charge is 0.000814 e. The maximum absolute atomic E-state index is 3.51. The van der Waals surface area contributed by atoms with Gasteiger partial charge in [0.1, 0.15) is 0 Å². The Morgan fingerprint density at radius 1 is 1.50 bits per heavy atom. The lowest BCUT2D eigenvalue weighted by molar-refractivity contribution is 0.00563. The lowest BCUT2D eigenvalue weighted by atomic mass is 9.57.